The molecule has 0 radical (unpaired) electrons. The van der Waals surface area contributed by atoms with Gasteiger partial charge in [-0.05, 0) is 12.1 Å². The van der Waals surface area contributed by atoms with Gasteiger partial charge < -0.3 is 15.6 Å². The van der Waals surface area contributed by atoms with E-state index >= 15 is 0 Å². The van der Waals surface area contributed by atoms with Crippen molar-refractivity contribution in [3.05, 3.63) is 41.9 Å². The summed E-state index contributed by atoms with van der Waals surface area (Å²) in [6, 6.07) is 5.26. The van der Waals surface area contributed by atoms with Gasteiger partial charge in [-0.2, -0.15) is 0 Å². The van der Waals surface area contributed by atoms with E-state index in [0.29, 0.717) is 16.4 Å². The maximum Gasteiger partial charge on any atom is 0.238 e. The van der Waals surface area contributed by atoms with Crippen LogP contribution in [0.15, 0.2) is 36.9 Å². The Morgan fingerprint density at radius 1 is 1.53 bits per heavy atom. The molecule has 1 aromatic heterocycles. The smallest absolute Gasteiger partial charge is 0.238 e. The lowest BCUT2D eigenvalue weighted by molar-refractivity contribution is -0.114. The summed E-state index contributed by atoms with van der Waals surface area (Å²) in [5.41, 5.74) is 6.54. The van der Waals surface area contributed by atoms with Gasteiger partial charge in [-0.1, -0.05) is 17.7 Å². The molecule has 1 aromatic carbocycles. The van der Waals surface area contributed by atoms with Crippen molar-refractivity contribution >= 4 is 23.2 Å². The van der Waals surface area contributed by atoms with E-state index in [4.69, 9.17) is 17.3 Å². The number of carbonyl (C=O) groups excluding carboxylic acids is 1. The predicted molar refractivity (Wildman–Crippen MR) is 66.3 cm³/mol. The summed E-state index contributed by atoms with van der Waals surface area (Å²) in [5, 5.41) is 3.22. The zero-order valence-corrected chi connectivity index (χ0v) is 9.69. The van der Waals surface area contributed by atoms with Crippen molar-refractivity contribution in [2.45, 2.75) is 0 Å². The van der Waals surface area contributed by atoms with Gasteiger partial charge in [0.2, 0.25) is 5.91 Å². The number of anilines is 1. The monoisotopic (exact) mass is 250 g/mol. The molecule has 0 saturated heterocycles. The van der Waals surface area contributed by atoms with Gasteiger partial charge >= 0.3 is 0 Å². The molecular formula is C11H11ClN4O. The minimum atomic E-state index is -0.270. The molecule has 0 unspecified atom stereocenters. The Morgan fingerprint density at radius 3 is 3.00 bits per heavy atom. The molecule has 2 rings (SSSR count). The van der Waals surface area contributed by atoms with Crippen LogP contribution < -0.4 is 11.1 Å². The number of amides is 1. The van der Waals surface area contributed by atoms with E-state index < -0.39 is 0 Å². The van der Waals surface area contributed by atoms with Crippen LogP contribution >= 0.6 is 11.6 Å². The maximum absolute atomic E-state index is 11.3. The second kappa shape index (κ2) is 4.99. The number of nitrogens with two attached hydrogens (primary N) is 1. The molecule has 0 bridgehead atoms. The lowest BCUT2D eigenvalue weighted by atomic mass is 10.2. The van der Waals surface area contributed by atoms with Gasteiger partial charge in [0.25, 0.3) is 0 Å². The fraction of sp³-hybridized carbons (Fsp3) is 0.0909. The molecule has 1 amide bonds. The Labute approximate surface area is 103 Å². The van der Waals surface area contributed by atoms with Crippen LogP contribution in [0.4, 0.5) is 5.69 Å². The highest BCUT2D eigenvalue weighted by Gasteiger charge is 2.10. The standard InChI is InChI=1S/C11H11ClN4O/c12-8-2-1-3-9(15-10(17)6-13)11(8)16-5-4-14-7-16/h1-5,7H,6,13H2,(H,15,17). The minimum Gasteiger partial charge on any atom is -0.323 e. The maximum atomic E-state index is 11.3. The Bertz CT molecular complexity index is 524. The fourth-order valence-corrected chi connectivity index (χ4v) is 1.74. The first-order chi connectivity index (χ1) is 8.22. The van der Waals surface area contributed by atoms with E-state index in [1.807, 2.05) is 0 Å². The van der Waals surface area contributed by atoms with Crippen molar-refractivity contribution in [2.24, 2.45) is 5.73 Å². The quantitative estimate of drug-likeness (QED) is 0.865. The molecule has 0 fully saturated rings. The Kier molecular flexibility index (Phi) is 3.41. The highest BCUT2D eigenvalue weighted by molar-refractivity contribution is 6.33. The Balaban J connectivity index is 2.45. The summed E-state index contributed by atoms with van der Waals surface area (Å²) in [5.74, 6) is -0.270. The molecule has 6 heteroatoms. The van der Waals surface area contributed by atoms with Crippen molar-refractivity contribution in [2.75, 3.05) is 11.9 Å². The highest BCUT2D eigenvalue weighted by Crippen LogP contribution is 2.28. The number of nitrogens with one attached hydrogen (secondary N) is 1. The van der Waals surface area contributed by atoms with Crippen LogP contribution in [0.2, 0.25) is 5.02 Å². The number of rotatable bonds is 3. The van der Waals surface area contributed by atoms with Crippen LogP contribution in [0.25, 0.3) is 5.69 Å². The lowest BCUT2D eigenvalue weighted by Crippen LogP contribution is -2.22. The number of halogens is 1. The minimum absolute atomic E-state index is 0.0735. The average molecular weight is 251 g/mol. The van der Waals surface area contributed by atoms with Gasteiger partial charge in [0, 0.05) is 12.4 Å². The van der Waals surface area contributed by atoms with Crippen molar-refractivity contribution < 1.29 is 4.79 Å². The number of benzene rings is 1. The van der Waals surface area contributed by atoms with Gasteiger partial charge in [0.05, 0.1) is 29.3 Å². The van der Waals surface area contributed by atoms with E-state index in [1.165, 1.54) is 0 Å². The predicted octanol–water partition coefficient (Wildman–Crippen LogP) is 1.42. The molecule has 17 heavy (non-hydrogen) atoms. The summed E-state index contributed by atoms with van der Waals surface area (Å²) in [6.45, 7) is -0.0735. The molecule has 0 aliphatic rings. The SMILES string of the molecule is NCC(=O)Nc1cccc(Cl)c1-n1ccnc1. The van der Waals surface area contributed by atoms with Crippen LogP contribution in [0.1, 0.15) is 0 Å². The zero-order chi connectivity index (χ0) is 12.3. The van der Waals surface area contributed by atoms with Gasteiger partial charge in [-0.3, -0.25) is 4.79 Å². The lowest BCUT2D eigenvalue weighted by Gasteiger charge is -2.12. The van der Waals surface area contributed by atoms with E-state index in [9.17, 15) is 4.79 Å². The average Bonchev–Trinajstić information content (AvgIpc) is 2.82. The number of para-hydroxylation sites is 1. The third kappa shape index (κ3) is 2.46. The summed E-state index contributed by atoms with van der Waals surface area (Å²) in [7, 11) is 0. The van der Waals surface area contributed by atoms with Crippen molar-refractivity contribution in [1.29, 1.82) is 0 Å². The number of aromatic nitrogens is 2. The molecular weight excluding hydrogens is 240 g/mol. The number of imidazole rings is 1. The van der Waals surface area contributed by atoms with E-state index in [2.05, 4.69) is 10.3 Å². The van der Waals surface area contributed by atoms with Crippen molar-refractivity contribution in [3.63, 3.8) is 0 Å². The van der Waals surface area contributed by atoms with Crippen LogP contribution in [-0.2, 0) is 4.79 Å². The molecule has 1 heterocycles. The third-order valence-electron chi connectivity index (χ3n) is 2.21. The number of nitrogens with zero attached hydrogens (tertiary/aromatic N) is 2. The molecule has 2 aromatic rings. The highest BCUT2D eigenvalue weighted by atomic mass is 35.5. The number of hydrogen-bond donors (Lipinski definition) is 2. The number of carbonyl (C=O) groups is 1. The van der Waals surface area contributed by atoms with Gasteiger partial charge in [0.1, 0.15) is 0 Å². The summed E-state index contributed by atoms with van der Waals surface area (Å²) >= 11 is 6.12. The first-order valence-corrected chi connectivity index (χ1v) is 5.37. The summed E-state index contributed by atoms with van der Waals surface area (Å²) < 4.78 is 1.73. The van der Waals surface area contributed by atoms with Crippen LogP contribution in [-0.4, -0.2) is 22.0 Å². The largest absolute Gasteiger partial charge is 0.323 e. The molecule has 0 atom stereocenters. The van der Waals surface area contributed by atoms with Crippen LogP contribution in [0.5, 0.6) is 0 Å². The molecule has 5 nitrogen and oxygen atoms in total. The molecule has 3 N–H and O–H groups in total. The molecule has 88 valence electrons. The van der Waals surface area contributed by atoms with Gasteiger partial charge in [-0.25, -0.2) is 4.98 Å². The normalized spacial score (nSPS) is 10.2. The van der Waals surface area contributed by atoms with E-state index in [0.717, 1.165) is 0 Å². The first kappa shape index (κ1) is 11.6. The molecule has 0 aliphatic carbocycles. The third-order valence-corrected chi connectivity index (χ3v) is 2.51. The van der Waals surface area contributed by atoms with Gasteiger partial charge in [0.15, 0.2) is 0 Å². The first-order valence-electron chi connectivity index (χ1n) is 4.99. The fourth-order valence-electron chi connectivity index (χ4n) is 1.47. The number of hydrogen-bond acceptors (Lipinski definition) is 3. The Morgan fingerprint density at radius 2 is 2.35 bits per heavy atom. The van der Waals surface area contributed by atoms with Crippen molar-refractivity contribution in [1.82, 2.24) is 9.55 Å². The summed E-state index contributed by atoms with van der Waals surface area (Å²) in [6.07, 6.45) is 5.00. The summed E-state index contributed by atoms with van der Waals surface area (Å²) in [4.78, 5) is 15.3. The zero-order valence-electron chi connectivity index (χ0n) is 8.93. The van der Waals surface area contributed by atoms with Crippen LogP contribution in [0, 0.1) is 0 Å². The van der Waals surface area contributed by atoms with E-state index in [1.54, 1.807) is 41.5 Å². The molecule has 0 saturated carbocycles. The Hall–Kier alpha value is -1.85. The molecule has 0 spiro atoms. The second-order valence-corrected chi connectivity index (χ2v) is 3.77. The van der Waals surface area contributed by atoms with E-state index in [-0.39, 0.29) is 12.5 Å². The van der Waals surface area contributed by atoms with Crippen LogP contribution in [0.3, 0.4) is 0 Å². The van der Waals surface area contributed by atoms with Gasteiger partial charge in [-0.15, -0.1) is 0 Å². The second-order valence-electron chi connectivity index (χ2n) is 3.36. The van der Waals surface area contributed by atoms with Crippen molar-refractivity contribution in [3.8, 4) is 5.69 Å². The molecule has 0 aliphatic heterocycles. The topological polar surface area (TPSA) is 72.9 Å².